The third-order valence-electron chi connectivity index (χ3n) is 9.62. The quantitative estimate of drug-likeness (QED) is 0.0939. The van der Waals surface area contributed by atoms with Gasteiger partial charge in [-0.2, -0.15) is 0 Å². The maximum Gasteiger partial charge on any atom is 0.408 e. The lowest BCUT2D eigenvalue weighted by Gasteiger charge is -2.27. The first-order chi connectivity index (χ1) is 27.8. The molecule has 3 aromatic rings. The van der Waals surface area contributed by atoms with Crippen LogP contribution in [0.15, 0.2) is 36.4 Å². The molecule has 0 saturated carbocycles. The van der Waals surface area contributed by atoms with Crippen LogP contribution in [0.5, 0.6) is 0 Å². The minimum absolute atomic E-state index is 0.104. The van der Waals surface area contributed by atoms with Crippen LogP contribution in [0.25, 0.3) is 21.9 Å². The van der Waals surface area contributed by atoms with Gasteiger partial charge in [0.2, 0.25) is 11.8 Å². The Balaban J connectivity index is 1.43. The summed E-state index contributed by atoms with van der Waals surface area (Å²) in [5.41, 5.74) is 0.955. The van der Waals surface area contributed by atoms with Crippen LogP contribution < -0.4 is 16.0 Å². The van der Waals surface area contributed by atoms with Crippen molar-refractivity contribution < 1.29 is 43.0 Å². The number of fused-ring (bicyclic) bond motifs is 3. The van der Waals surface area contributed by atoms with Crippen LogP contribution >= 0.6 is 0 Å². The van der Waals surface area contributed by atoms with Crippen LogP contribution in [0.4, 0.5) is 4.79 Å². The minimum Gasteiger partial charge on any atom is -0.444 e. The molecule has 0 saturated heterocycles. The standard InChI is InChI=1S/C43H61N7O9/c1-10-57-25-33-47-38-31(24-32(51)28(4)45-40(55)37(27(2)3)48-41(56)59-42(5,6)7)46-30-17-14-13-16-29(30)39(38)50(33)26-43(8,9)58-23-21-44-34(52)18-12-11-15-22-49-35(53)19-20-36(49)54/h13-14,16-17,19-20,27-28,37H,10-12,15,18,21-26H2,1-9H3,(H,44,52)(H,45,55)(H,48,56)/t28-,37-/m0/s1. The molecular formula is C43H61N7O9. The zero-order valence-corrected chi connectivity index (χ0v) is 35.9. The van der Waals surface area contributed by atoms with Crippen LogP contribution in [-0.2, 0) is 57.8 Å². The average molecular weight is 820 g/mol. The summed E-state index contributed by atoms with van der Waals surface area (Å²) in [7, 11) is 0. The van der Waals surface area contributed by atoms with E-state index in [0.29, 0.717) is 74.5 Å². The van der Waals surface area contributed by atoms with E-state index in [0.717, 1.165) is 10.9 Å². The second-order valence-electron chi connectivity index (χ2n) is 16.7. The predicted octanol–water partition coefficient (Wildman–Crippen LogP) is 4.68. The number of para-hydroxylation sites is 1. The van der Waals surface area contributed by atoms with Gasteiger partial charge in [0, 0.05) is 43.7 Å². The number of alkyl carbamates (subject to hydrolysis) is 1. The molecule has 59 heavy (non-hydrogen) atoms. The topological polar surface area (TPSA) is 200 Å². The van der Waals surface area contributed by atoms with E-state index in [4.69, 9.17) is 24.2 Å². The third kappa shape index (κ3) is 13.4. The van der Waals surface area contributed by atoms with E-state index in [2.05, 4.69) is 16.0 Å². The summed E-state index contributed by atoms with van der Waals surface area (Å²) in [6.45, 7) is 18.1. The van der Waals surface area contributed by atoms with Gasteiger partial charge in [-0.1, -0.05) is 38.5 Å². The van der Waals surface area contributed by atoms with Crippen LogP contribution in [0.3, 0.4) is 0 Å². The molecule has 3 N–H and O–H groups in total. The number of imide groups is 1. The van der Waals surface area contributed by atoms with Gasteiger partial charge in [-0.15, -0.1) is 0 Å². The number of aromatic nitrogens is 3. The normalized spacial score (nSPS) is 14.3. The van der Waals surface area contributed by atoms with E-state index in [1.807, 2.05) is 49.6 Å². The molecule has 1 aliphatic rings. The minimum atomic E-state index is -0.924. The number of imidazole rings is 1. The SMILES string of the molecule is CCOCc1nc2c(CC(=O)[C@H](C)NC(=O)[C@@H](NC(=O)OC(C)(C)C)C(C)C)nc3ccccc3c2n1CC(C)(C)OCCNC(=O)CCCCCN1C(=O)C=CC1=O. The van der Waals surface area contributed by atoms with Gasteiger partial charge in [-0.25, -0.2) is 14.8 Å². The molecule has 0 fully saturated rings. The van der Waals surface area contributed by atoms with Crippen molar-refractivity contribution in [2.24, 2.45) is 5.92 Å². The van der Waals surface area contributed by atoms with Crippen LogP contribution in [-0.4, -0.2) is 105 Å². The number of hydrogen-bond acceptors (Lipinski definition) is 11. The van der Waals surface area contributed by atoms with E-state index < -0.39 is 35.3 Å². The molecule has 2 aromatic heterocycles. The lowest BCUT2D eigenvalue weighted by atomic mass is 10.0. The van der Waals surface area contributed by atoms with Crippen molar-refractivity contribution in [2.75, 3.05) is 26.3 Å². The fourth-order valence-corrected chi connectivity index (χ4v) is 6.63. The van der Waals surface area contributed by atoms with Crippen molar-refractivity contribution in [2.45, 2.75) is 131 Å². The lowest BCUT2D eigenvalue weighted by Crippen LogP contribution is -2.53. The average Bonchev–Trinajstić information content (AvgIpc) is 3.67. The molecule has 16 heteroatoms. The number of carbonyl (C=O) groups is 6. The van der Waals surface area contributed by atoms with E-state index in [1.165, 1.54) is 17.1 Å². The number of ether oxygens (including phenoxy) is 3. The molecule has 0 aliphatic carbocycles. The molecule has 5 amide bonds. The fourth-order valence-electron chi connectivity index (χ4n) is 6.63. The Kier molecular flexibility index (Phi) is 16.3. The highest BCUT2D eigenvalue weighted by Gasteiger charge is 2.31. The van der Waals surface area contributed by atoms with Gasteiger partial charge in [0.1, 0.15) is 29.6 Å². The first-order valence-corrected chi connectivity index (χ1v) is 20.4. The van der Waals surface area contributed by atoms with E-state index >= 15 is 0 Å². The highest BCUT2D eigenvalue weighted by molar-refractivity contribution is 6.12. The maximum atomic E-state index is 13.8. The molecule has 2 atom stereocenters. The molecule has 0 radical (unpaired) electrons. The molecule has 1 aromatic carbocycles. The number of Topliss-reactive ketones (excluding diaryl/α,β-unsaturated/α-hetero) is 1. The van der Waals surface area contributed by atoms with Crippen LogP contribution in [0, 0.1) is 5.92 Å². The van der Waals surface area contributed by atoms with Gasteiger partial charge in [0.15, 0.2) is 5.78 Å². The Bertz CT molecular complexity index is 2010. The zero-order chi connectivity index (χ0) is 43.5. The Hall–Kier alpha value is -5.22. The fraction of sp³-hybridized carbons (Fsp3) is 0.581. The Morgan fingerprint density at radius 1 is 0.898 bits per heavy atom. The second-order valence-corrected chi connectivity index (χ2v) is 16.7. The largest absolute Gasteiger partial charge is 0.444 e. The van der Waals surface area contributed by atoms with Gasteiger partial charge in [0.05, 0.1) is 47.9 Å². The van der Waals surface area contributed by atoms with Gasteiger partial charge in [0.25, 0.3) is 11.8 Å². The van der Waals surface area contributed by atoms with Crippen molar-refractivity contribution in [3.05, 3.63) is 47.9 Å². The van der Waals surface area contributed by atoms with E-state index in [9.17, 15) is 28.8 Å². The lowest BCUT2D eigenvalue weighted by molar-refractivity contribution is -0.137. The summed E-state index contributed by atoms with van der Waals surface area (Å²) in [5.74, 6) is -1.15. The maximum absolute atomic E-state index is 13.8. The number of amides is 5. The van der Waals surface area contributed by atoms with Crippen molar-refractivity contribution in [3.63, 3.8) is 0 Å². The third-order valence-corrected chi connectivity index (χ3v) is 9.62. The molecule has 4 rings (SSSR count). The summed E-state index contributed by atoms with van der Waals surface area (Å²) in [4.78, 5) is 86.6. The summed E-state index contributed by atoms with van der Waals surface area (Å²) in [5, 5.41) is 9.14. The number of nitrogens with zero attached hydrogens (tertiary/aromatic N) is 4. The van der Waals surface area contributed by atoms with Gasteiger partial charge in [-0.3, -0.25) is 28.9 Å². The van der Waals surface area contributed by atoms with Crippen molar-refractivity contribution in [3.8, 4) is 0 Å². The summed E-state index contributed by atoms with van der Waals surface area (Å²) < 4.78 is 19.5. The van der Waals surface area contributed by atoms with E-state index in [1.54, 1.807) is 41.5 Å². The van der Waals surface area contributed by atoms with Gasteiger partial charge < -0.3 is 34.7 Å². The van der Waals surface area contributed by atoms with Crippen molar-refractivity contribution in [1.29, 1.82) is 0 Å². The molecule has 0 bridgehead atoms. The van der Waals surface area contributed by atoms with Crippen LogP contribution in [0.1, 0.15) is 99.5 Å². The highest BCUT2D eigenvalue weighted by atomic mass is 16.6. The molecular weight excluding hydrogens is 759 g/mol. The Labute approximate surface area is 346 Å². The number of benzene rings is 1. The summed E-state index contributed by atoms with van der Waals surface area (Å²) >= 11 is 0. The molecule has 322 valence electrons. The van der Waals surface area contributed by atoms with Crippen LogP contribution in [0.2, 0.25) is 0 Å². The molecule has 3 heterocycles. The monoisotopic (exact) mass is 819 g/mol. The number of nitrogens with one attached hydrogen (secondary N) is 3. The van der Waals surface area contributed by atoms with Gasteiger partial charge >= 0.3 is 6.09 Å². The number of carbonyl (C=O) groups excluding carboxylic acids is 6. The molecule has 16 nitrogen and oxygen atoms in total. The van der Waals surface area contributed by atoms with E-state index in [-0.39, 0.29) is 49.1 Å². The Morgan fingerprint density at radius 3 is 2.25 bits per heavy atom. The van der Waals surface area contributed by atoms with Crippen molar-refractivity contribution in [1.82, 2.24) is 35.4 Å². The van der Waals surface area contributed by atoms with Gasteiger partial charge in [-0.05, 0) is 73.3 Å². The number of ketones is 1. The Morgan fingerprint density at radius 2 is 1.59 bits per heavy atom. The first-order valence-electron chi connectivity index (χ1n) is 20.4. The smallest absolute Gasteiger partial charge is 0.408 e. The molecule has 1 aliphatic heterocycles. The zero-order valence-electron chi connectivity index (χ0n) is 35.9. The number of unbranched alkanes of at least 4 members (excludes halogenated alkanes) is 2. The number of rotatable bonds is 22. The predicted molar refractivity (Wildman–Crippen MR) is 222 cm³/mol. The number of pyridine rings is 1. The summed E-state index contributed by atoms with van der Waals surface area (Å²) in [6.07, 6.45) is 4.00. The van der Waals surface area contributed by atoms with Crippen molar-refractivity contribution >= 4 is 57.4 Å². The number of hydrogen-bond donors (Lipinski definition) is 3. The molecule has 0 spiro atoms. The second kappa shape index (κ2) is 20.7. The molecule has 0 unspecified atom stereocenters. The highest BCUT2D eigenvalue weighted by Crippen LogP contribution is 2.30. The first kappa shape index (κ1) is 46.5. The summed E-state index contributed by atoms with van der Waals surface area (Å²) in [6, 6.07) is 5.80.